The summed E-state index contributed by atoms with van der Waals surface area (Å²) in [5, 5.41) is 3.57. The van der Waals surface area contributed by atoms with E-state index >= 15 is 0 Å². The van der Waals surface area contributed by atoms with Crippen molar-refractivity contribution in [1.29, 1.82) is 0 Å². The lowest BCUT2D eigenvalue weighted by Crippen LogP contribution is -2.58. The van der Waals surface area contributed by atoms with Gasteiger partial charge in [-0.1, -0.05) is 19.3 Å². The molecule has 0 aromatic carbocycles. The van der Waals surface area contributed by atoms with Crippen molar-refractivity contribution in [2.75, 3.05) is 13.2 Å². The van der Waals surface area contributed by atoms with Crippen molar-refractivity contribution in [1.82, 2.24) is 5.32 Å². The monoisotopic (exact) mass is 294 g/mol. The van der Waals surface area contributed by atoms with Gasteiger partial charge < -0.3 is 15.8 Å². The van der Waals surface area contributed by atoms with E-state index in [1.807, 2.05) is 0 Å². The van der Waals surface area contributed by atoms with Crippen LogP contribution in [-0.2, 0) is 9.53 Å². The van der Waals surface area contributed by atoms with Crippen LogP contribution in [0.25, 0.3) is 0 Å². The molecule has 0 bridgehead atoms. The Morgan fingerprint density at radius 3 is 2.57 bits per heavy atom. The number of amides is 1. The van der Waals surface area contributed by atoms with Crippen LogP contribution in [0.1, 0.15) is 64.2 Å². The largest absolute Gasteiger partial charge is 0.381 e. The molecule has 3 aliphatic carbocycles. The number of ether oxygens (including phenoxy) is 1. The Labute approximate surface area is 128 Å². The van der Waals surface area contributed by atoms with E-state index in [2.05, 4.69) is 5.32 Å². The molecule has 120 valence electrons. The van der Waals surface area contributed by atoms with Gasteiger partial charge in [0.1, 0.15) is 5.54 Å². The maximum Gasteiger partial charge on any atom is 0.238 e. The maximum absolute atomic E-state index is 12.1. The van der Waals surface area contributed by atoms with Crippen LogP contribution in [0.4, 0.5) is 0 Å². The molecule has 3 saturated carbocycles. The van der Waals surface area contributed by atoms with Crippen LogP contribution in [0.2, 0.25) is 0 Å². The fourth-order valence-corrected chi connectivity index (χ4v) is 4.30. The van der Waals surface area contributed by atoms with E-state index in [9.17, 15) is 4.79 Å². The third-order valence-electron chi connectivity index (χ3n) is 5.74. The molecule has 0 aromatic heterocycles. The summed E-state index contributed by atoms with van der Waals surface area (Å²) in [6.45, 7) is 1.69. The van der Waals surface area contributed by atoms with Crippen LogP contribution in [0, 0.1) is 11.8 Å². The number of carbonyl (C=O) groups excluding carboxylic acids is 1. The van der Waals surface area contributed by atoms with Crippen LogP contribution in [0.15, 0.2) is 0 Å². The first-order valence-electron chi connectivity index (χ1n) is 8.86. The Hall–Kier alpha value is -0.610. The zero-order chi connectivity index (χ0) is 14.7. The van der Waals surface area contributed by atoms with Gasteiger partial charge in [-0.15, -0.1) is 0 Å². The van der Waals surface area contributed by atoms with Crippen molar-refractivity contribution >= 4 is 5.91 Å². The summed E-state index contributed by atoms with van der Waals surface area (Å²) in [6, 6.07) is 0.525. The van der Waals surface area contributed by atoms with E-state index in [4.69, 9.17) is 10.5 Å². The second-order valence-electron chi connectivity index (χ2n) is 7.36. The van der Waals surface area contributed by atoms with Crippen LogP contribution in [0.5, 0.6) is 0 Å². The predicted octanol–water partition coefficient (Wildman–Crippen LogP) is 2.36. The molecule has 4 heteroatoms. The Morgan fingerprint density at radius 2 is 1.90 bits per heavy atom. The van der Waals surface area contributed by atoms with Gasteiger partial charge in [-0.25, -0.2) is 0 Å². The van der Waals surface area contributed by atoms with E-state index < -0.39 is 5.54 Å². The molecule has 0 aliphatic heterocycles. The second-order valence-corrected chi connectivity index (χ2v) is 7.36. The summed E-state index contributed by atoms with van der Waals surface area (Å²) in [5.74, 6) is 0.992. The van der Waals surface area contributed by atoms with Crippen molar-refractivity contribution in [2.24, 2.45) is 17.6 Å². The summed E-state index contributed by atoms with van der Waals surface area (Å²) in [5.41, 5.74) is 5.31. The molecule has 0 spiro atoms. The second kappa shape index (κ2) is 6.66. The molecular formula is C17H30N2O2. The molecule has 2 unspecified atom stereocenters. The molecule has 4 nitrogen and oxygen atoms in total. The van der Waals surface area contributed by atoms with Gasteiger partial charge in [-0.05, 0) is 56.8 Å². The SMILES string of the molecule is NC(=O)C1(NC2CC2)CCCC1CCOCC1CCCC1. The maximum atomic E-state index is 12.1. The standard InChI is InChI=1S/C17H30N2O2/c18-16(20)17(19-15-7-8-15)10-3-6-14(17)9-11-21-12-13-4-1-2-5-13/h13-15,19H,1-12H2,(H2,18,20). The van der Waals surface area contributed by atoms with Crippen molar-refractivity contribution in [2.45, 2.75) is 75.8 Å². The van der Waals surface area contributed by atoms with Crippen LogP contribution in [0.3, 0.4) is 0 Å². The minimum Gasteiger partial charge on any atom is -0.381 e. The average Bonchev–Trinajstić information content (AvgIpc) is 2.97. The molecule has 0 heterocycles. The first kappa shape index (κ1) is 15.3. The Morgan fingerprint density at radius 1 is 1.14 bits per heavy atom. The molecular weight excluding hydrogens is 264 g/mol. The van der Waals surface area contributed by atoms with E-state index in [1.54, 1.807) is 0 Å². The fraction of sp³-hybridized carbons (Fsp3) is 0.941. The molecule has 0 aromatic rings. The quantitative estimate of drug-likeness (QED) is 0.675. The normalized spacial score (nSPS) is 33.6. The van der Waals surface area contributed by atoms with Gasteiger partial charge in [-0.2, -0.15) is 0 Å². The van der Waals surface area contributed by atoms with E-state index in [1.165, 1.54) is 38.5 Å². The molecule has 0 radical (unpaired) electrons. The first-order chi connectivity index (χ1) is 10.2. The third kappa shape index (κ3) is 3.59. The summed E-state index contributed by atoms with van der Waals surface area (Å²) < 4.78 is 5.89. The number of rotatable bonds is 8. The highest BCUT2D eigenvalue weighted by molar-refractivity contribution is 5.85. The number of nitrogens with two attached hydrogens (primary N) is 1. The summed E-state index contributed by atoms with van der Waals surface area (Å²) >= 11 is 0. The highest BCUT2D eigenvalue weighted by atomic mass is 16.5. The molecule has 3 fully saturated rings. The number of primary amides is 1. The lowest BCUT2D eigenvalue weighted by atomic mass is 9.84. The summed E-state index contributed by atoms with van der Waals surface area (Å²) in [4.78, 5) is 12.1. The predicted molar refractivity (Wildman–Crippen MR) is 82.8 cm³/mol. The van der Waals surface area contributed by atoms with Crippen LogP contribution >= 0.6 is 0 Å². The lowest BCUT2D eigenvalue weighted by molar-refractivity contribution is -0.126. The molecule has 0 saturated heterocycles. The van der Waals surface area contributed by atoms with Crippen molar-refractivity contribution in [3.05, 3.63) is 0 Å². The summed E-state index contributed by atoms with van der Waals surface area (Å²) in [6.07, 6.45) is 11.9. The molecule has 1 amide bonds. The number of hydrogen-bond acceptors (Lipinski definition) is 3. The van der Waals surface area contributed by atoms with Gasteiger partial charge in [0.2, 0.25) is 5.91 Å². The lowest BCUT2D eigenvalue weighted by Gasteiger charge is -2.34. The van der Waals surface area contributed by atoms with Gasteiger partial charge in [0.25, 0.3) is 0 Å². The van der Waals surface area contributed by atoms with E-state index in [0.717, 1.165) is 44.8 Å². The van der Waals surface area contributed by atoms with Gasteiger partial charge in [-0.3, -0.25) is 4.79 Å². The number of nitrogens with one attached hydrogen (secondary N) is 1. The van der Waals surface area contributed by atoms with E-state index in [0.29, 0.717) is 12.0 Å². The highest BCUT2D eigenvalue weighted by Gasteiger charge is 2.49. The van der Waals surface area contributed by atoms with Gasteiger partial charge in [0.05, 0.1) is 0 Å². The smallest absolute Gasteiger partial charge is 0.238 e. The molecule has 3 aliphatic rings. The minimum absolute atomic E-state index is 0.146. The topological polar surface area (TPSA) is 64.4 Å². The van der Waals surface area contributed by atoms with Gasteiger partial charge in [0.15, 0.2) is 0 Å². The number of hydrogen-bond donors (Lipinski definition) is 2. The van der Waals surface area contributed by atoms with Gasteiger partial charge in [0, 0.05) is 19.3 Å². The molecule has 2 atom stereocenters. The van der Waals surface area contributed by atoms with Crippen molar-refractivity contribution < 1.29 is 9.53 Å². The van der Waals surface area contributed by atoms with Crippen molar-refractivity contribution in [3.63, 3.8) is 0 Å². The van der Waals surface area contributed by atoms with Crippen molar-refractivity contribution in [3.8, 4) is 0 Å². The number of carbonyl (C=O) groups is 1. The Balaban J connectivity index is 1.46. The summed E-state index contributed by atoms with van der Waals surface area (Å²) in [7, 11) is 0. The van der Waals surface area contributed by atoms with E-state index in [-0.39, 0.29) is 5.91 Å². The minimum atomic E-state index is -0.447. The Kier molecular flexibility index (Phi) is 4.85. The third-order valence-corrected chi connectivity index (χ3v) is 5.74. The van der Waals surface area contributed by atoms with Gasteiger partial charge >= 0.3 is 0 Å². The highest BCUT2D eigenvalue weighted by Crippen LogP contribution is 2.40. The van der Waals surface area contributed by atoms with Crippen LogP contribution < -0.4 is 11.1 Å². The zero-order valence-electron chi connectivity index (χ0n) is 13.1. The molecule has 3 rings (SSSR count). The fourth-order valence-electron chi connectivity index (χ4n) is 4.30. The molecule has 21 heavy (non-hydrogen) atoms. The zero-order valence-corrected chi connectivity index (χ0v) is 13.1. The Bertz CT molecular complexity index is 364. The van der Waals surface area contributed by atoms with Crippen LogP contribution in [-0.4, -0.2) is 30.7 Å². The average molecular weight is 294 g/mol. The molecule has 3 N–H and O–H groups in total. The first-order valence-corrected chi connectivity index (χ1v) is 8.86.